The lowest BCUT2D eigenvalue weighted by molar-refractivity contribution is -0.130. The van der Waals surface area contributed by atoms with Crippen LogP contribution >= 0.6 is 0 Å². The van der Waals surface area contributed by atoms with E-state index in [9.17, 15) is 9.90 Å². The zero-order valence-corrected chi connectivity index (χ0v) is 14.9. The van der Waals surface area contributed by atoms with Crippen LogP contribution < -0.4 is 0 Å². The highest BCUT2D eigenvalue weighted by molar-refractivity contribution is 5.76. The van der Waals surface area contributed by atoms with E-state index in [2.05, 4.69) is 34.3 Å². The van der Waals surface area contributed by atoms with Crippen molar-refractivity contribution in [3.05, 3.63) is 53.3 Å². The Hall–Kier alpha value is -2.18. The Morgan fingerprint density at radius 1 is 1.28 bits per heavy atom. The summed E-state index contributed by atoms with van der Waals surface area (Å²) in [6, 6.07) is 12.4. The lowest BCUT2D eigenvalue weighted by Gasteiger charge is -2.27. The highest BCUT2D eigenvalue weighted by atomic mass is 16.3. The summed E-state index contributed by atoms with van der Waals surface area (Å²) in [6.07, 6.45) is 0.258. The minimum absolute atomic E-state index is 0.0706. The first kappa shape index (κ1) is 17.6. The van der Waals surface area contributed by atoms with E-state index in [1.165, 1.54) is 10.5 Å². The van der Waals surface area contributed by atoms with Crippen molar-refractivity contribution in [2.45, 2.75) is 32.0 Å². The van der Waals surface area contributed by atoms with Crippen LogP contribution in [0.2, 0.25) is 0 Å². The van der Waals surface area contributed by atoms with Crippen LogP contribution in [0.25, 0.3) is 0 Å². The molecule has 134 valence electrons. The van der Waals surface area contributed by atoms with Crippen LogP contribution in [-0.2, 0) is 24.3 Å². The molecule has 0 saturated carbocycles. The van der Waals surface area contributed by atoms with Crippen molar-refractivity contribution in [3.63, 3.8) is 0 Å². The van der Waals surface area contributed by atoms with Gasteiger partial charge in [0, 0.05) is 33.7 Å². The van der Waals surface area contributed by atoms with Crippen LogP contribution in [0.1, 0.15) is 29.5 Å². The average molecular weight is 342 g/mol. The van der Waals surface area contributed by atoms with Gasteiger partial charge in [-0.15, -0.1) is 0 Å². The van der Waals surface area contributed by atoms with Gasteiger partial charge >= 0.3 is 0 Å². The van der Waals surface area contributed by atoms with Crippen LogP contribution in [-0.4, -0.2) is 57.8 Å². The van der Waals surface area contributed by atoms with E-state index in [4.69, 9.17) is 0 Å². The number of aromatic nitrogens is 2. The molecule has 1 N–H and O–H groups in total. The molecular weight excluding hydrogens is 316 g/mol. The molecule has 6 heteroatoms. The highest BCUT2D eigenvalue weighted by Crippen LogP contribution is 2.21. The number of carbonyl (C=O) groups is 1. The van der Waals surface area contributed by atoms with Gasteiger partial charge in [-0.2, -0.15) is 5.10 Å². The lowest BCUT2D eigenvalue weighted by Crippen LogP contribution is -2.35. The molecule has 0 fully saturated rings. The van der Waals surface area contributed by atoms with Crippen LogP contribution in [0.5, 0.6) is 0 Å². The van der Waals surface area contributed by atoms with Gasteiger partial charge in [-0.1, -0.05) is 30.3 Å². The average Bonchev–Trinajstić information content (AvgIpc) is 3.04. The second-order valence-corrected chi connectivity index (χ2v) is 6.80. The van der Waals surface area contributed by atoms with Gasteiger partial charge in [0.2, 0.25) is 5.91 Å². The van der Waals surface area contributed by atoms with Crippen molar-refractivity contribution in [2.75, 3.05) is 27.2 Å². The maximum absolute atomic E-state index is 11.8. The highest BCUT2D eigenvalue weighted by Gasteiger charge is 2.22. The Bertz CT molecular complexity index is 711. The molecule has 25 heavy (non-hydrogen) atoms. The number of aliphatic hydroxyl groups excluding tert-OH is 1. The summed E-state index contributed by atoms with van der Waals surface area (Å²) in [4.78, 5) is 15.7. The number of aliphatic hydroxyl groups is 1. The fourth-order valence-electron chi connectivity index (χ4n) is 3.08. The second-order valence-electron chi connectivity index (χ2n) is 6.80. The first-order chi connectivity index (χ1) is 12.0. The molecule has 2 aromatic rings. The van der Waals surface area contributed by atoms with Gasteiger partial charge in [0.1, 0.15) is 6.10 Å². The van der Waals surface area contributed by atoms with E-state index in [1.54, 1.807) is 14.1 Å². The topological polar surface area (TPSA) is 61.6 Å². The number of nitrogens with zero attached hydrogens (tertiary/aromatic N) is 4. The van der Waals surface area contributed by atoms with Crippen LogP contribution in [0, 0.1) is 0 Å². The maximum Gasteiger partial charge on any atom is 0.225 e. The molecule has 0 radical (unpaired) electrons. The van der Waals surface area contributed by atoms with E-state index in [0.717, 1.165) is 38.3 Å². The third-order valence-corrected chi connectivity index (χ3v) is 4.66. The van der Waals surface area contributed by atoms with Crippen molar-refractivity contribution >= 4 is 5.91 Å². The molecule has 0 bridgehead atoms. The zero-order valence-electron chi connectivity index (χ0n) is 14.9. The maximum atomic E-state index is 11.8. The van der Waals surface area contributed by atoms with E-state index in [1.807, 2.05) is 16.8 Å². The number of benzene rings is 1. The van der Waals surface area contributed by atoms with Gasteiger partial charge in [0.15, 0.2) is 0 Å². The first-order valence-electron chi connectivity index (χ1n) is 8.74. The largest absolute Gasteiger partial charge is 0.386 e. The SMILES string of the molecule is CN(C)C(=O)C[C@@H](O)c1cc2n(n1)CCN(CCc1ccccc1)C2. The molecule has 0 aliphatic carbocycles. The molecule has 1 amide bonds. The summed E-state index contributed by atoms with van der Waals surface area (Å²) in [5.41, 5.74) is 3.04. The molecule has 6 nitrogen and oxygen atoms in total. The van der Waals surface area contributed by atoms with Gasteiger partial charge in [-0.3, -0.25) is 14.4 Å². The van der Waals surface area contributed by atoms with Gasteiger partial charge in [-0.05, 0) is 18.1 Å². The van der Waals surface area contributed by atoms with Crippen molar-refractivity contribution < 1.29 is 9.90 Å². The smallest absolute Gasteiger partial charge is 0.225 e. The Labute approximate surface area is 148 Å². The predicted octanol–water partition coefficient (Wildman–Crippen LogP) is 1.45. The Kier molecular flexibility index (Phi) is 5.50. The summed E-state index contributed by atoms with van der Waals surface area (Å²) in [7, 11) is 3.38. The van der Waals surface area contributed by atoms with Crippen molar-refractivity contribution in [3.8, 4) is 0 Å². The number of hydrogen-bond donors (Lipinski definition) is 1. The van der Waals surface area contributed by atoms with Crippen molar-refractivity contribution in [1.29, 1.82) is 0 Å². The normalized spacial score (nSPS) is 15.6. The van der Waals surface area contributed by atoms with Crippen LogP contribution in [0.15, 0.2) is 36.4 Å². The standard InChI is InChI=1S/C19H26N4O2/c1-21(2)19(25)13-18(24)17-12-16-14-22(10-11-23(16)20-17)9-8-15-6-4-3-5-7-15/h3-7,12,18,24H,8-11,13-14H2,1-2H3/t18-/m1/s1. The van der Waals surface area contributed by atoms with Crippen molar-refractivity contribution in [1.82, 2.24) is 19.6 Å². The Morgan fingerprint density at radius 2 is 2.04 bits per heavy atom. The number of amides is 1. The quantitative estimate of drug-likeness (QED) is 0.863. The van der Waals surface area contributed by atoms with Gasteiger partial charge in [-0.25, -0.2) is 0 Å². The lowest BCUT2D eigenvalue weighted by atomic mass is 10.1. The summed E-state index contributed by atoms with van der Waals surface area (Å²) in [6.45, 7) is 3.60. The zero-order chi connectivity index (χ0) is 17.8. The fourth-order valence-corrected chi connectivity index (χ4v) is 3.08. The number of hydrogen-bond acceptors (Lipinski definition) is 4. The third kappa shape index (κ3) is 4.46. The summed E-state index contributed by atoms with van der Waals surface area (Å²) < 4.78 is 1.96. The van der Waals surface area contributed by atoms with E-state index in [-0.39, 0.29) is 12.3 Å². The first-order valence-corrected chi connectivity index (χ1v) is 8.74. The fraction of sp³-hybridized carbons (Fsp3) is 0.474. The molecule has 1 aromatic heterocycles. The van der Waals surface area contributed by atoms with Gasteiger partial charge in [0.25, 0.3) is 0 Å². The number of fused-ring (bicyclic) bond motifs is 1. The summed E-state index contributed by atoms with van der Waals surface area (Å²) >= 11 is 0. The molecule has 0 saturated heterocycles. The van der Waals surface area contributed by atoms with E-state index < -0.39 is 6.10 Å². The van der Waals surface area contributed by atoms with Crippen molar-refractivity contribution in [2.24, 2.45) is 0 Å². The molecular formula is C19H26N4O2. The van der Waals surface area contributed by atoms with Crippen LogP contribution in [0.4, 0.5) is 0 Å². The third-order valence-electron chi connectivity index (χ3n) is 4.66. The molecule has 3 rings (SSSR count). The number of rotatable bonds is 6. The van der Waals surface area contributed by atoms with E-state index in [0.29, 0.717) is 5.69 Å². The summed E-state index contributed by atoms with van der Waals surface area (Å²) in [5.74, 6) is -0.0945. The van der Waals surface area contributed by atoms with Gasteiger partial charge in [0.05, 0.1) is 24.4 Å². The van der Waals surface area contributed by atoms with Crippen LogP contribution in [0.3, 0.4) is 0 Å². The Balaban J connectivity index is 1.58. The minimum Gasteiger partial charge on any atom is -0.386 e. The number of carbonyl (C=O) groups excluding carboxylic acids is 1. The molecule has 0 spiro atoms. The molecule has 1 aliphatic heterocycles. The van der Waals surface area contributed by atoms with E-state index >= 15 is 0 Å². The monoisotopic (exact) mass is 342 g/mol. The predicted molar refractivity (Wildman–Crippen MR) is 95.9 cm³/mol. The molecule has 0 unspecified atom stereocenters. The molecule has 1 atom stereocenters. The molecule has 1 aromatic carbocycles. The molecule has 2 heterocycles. The second kappa shape index (κ2) is 7.80. The molecule has 1 aliphatic rings. The summed E-state index contributed by atoms with van der Waals surface area (Å²) in [5, 5.41) is 14.8. The van der Waals surface area contributed by atoms with Gasteiger partial charge < -0.3 is 10.0 Å². The minimum atomic E-state index is -0.842. The Morgan fingerprint density at radius 3 is 2.76 bits per heavy atom.